The van der Waals surface area contributed by atoms with Crippen LogP contribution in [-0.2, 0) is 11.2 Å². The lowest BCUT2D eigenvalue weighted by atomic mass is 10.0. The molecule has 2 aliphatic rings. The topological polar surface area (TPSA) is 50.8 Å². The molecule has 0 unspecified atom stereocenters. The molecule has 0 aromatic heterocycles. The van der Waals surface area contributed by atoms with Crippen LogP contribution in [0.2, 0.25) is 0 Å². The van der Waals surface area contributed by atoms with Gasteiger partial charge in [0, 0.05) is 12.5 Å². The van der Waals surface area contributed by atoms with Gasteiger partial charge in [-0.2, -0.15) is 0 Å². The predicted molar refractivity (Wildman–Crippen MR) is 118 cm³/mol. The van der Waals surface area contributed by atoms with Crippen molar-refractivity contribution in [3.8, 4) is 11.5 Å². The molecule has 1 N–H and O–H groups in total. The molecule has 4 rings (SSSR count). The number of hydrogen-bond acceptors (Lipinski definition) is 4. The smallest absolute Gasteiger partial charge is 0.234 e. The summed E-state index contributed by atoms with van der Waals surface area (Å²) in [4.78, 5) is 15.0. The second-order valence-corrected chi connectivity index (χ2v) is 8.27. The Morgan fingerprint density at radius 1 is 1.10 bits per heavy atom. The van der Waals surface area contributed by atoms with Crippen LogP contribution >= 0.6 is 0 Å². The van der Waals surface area contributed by atoms with Gasteiger partial charge in [-0.15, -0.1) is 0 Å². The second kappa shape index (κ2) is 9.52. The van der Waals surface area contributed by atoms with Crippen molar-refractivity contribution in [2.24, 2.45) is 0 Å². The molecule has 0 saturated carbocycles. The molecule has 2 aromatic carbocycles. The minimum atomic E-state index is 0.00232. The van der Waals surface area contributed by atoms with Crippen LogP contribution in [0.5, 0.6) is 11.5 Å². The molecule has 5 heteroatoms. The van der Waals surface area contributed by atoms with Crippen molar-refractivity contribution in [3.05, 3.63) is 59.2 Å². The molecule has 1 fully saturated rings. The van der Waals surface area contributed by atoms with Gasteiger partial charge in [0.1, 0.15) is 0 Å². The lowest BCUT2D eigenvalue weighted by Crippen LogP contribution is -2.38. The summed E-state index contributed by atoms with van der Waals surface area (Å²) in [6.07, 6.45) is 4.08. The van der Waals surface area contributed by atoms with Gasteiger partial charge in [0.2, 0.25) is 5.91 Å². The molecular formula is C25H32N2O3. The number of carbonyl (C=O) groups excluding carboxylic acids is 1. The van der Waals surface area contributed by atoms with E-state index in [9.17, 15) is 4.79 Å². The van der Waals surface area contributed by atoms with Gasteiger partial charge in [0.05, 0.1) is 25.8 Å². The number of carbonyl (C=O) groups is 1. The highest BCUT2D eigenvalue weighted by Crippen LogP contribution is 2.37. The zero-order valence-electron chi connectivity index (χ0n) is 18.0. The number of hydrogen-bond donors (Lipinski definition) is 1. The molecule has 0 radical (unpaired) electrons. The van der Waals surface area contributed by atoms with Crippen molar-refractivity contribution in [3.63, 3.8) is 0 Å². The highest BCUT2D eigenvalue weighted by Gasteiger charge is 2.29. The zero-order chi connectivity index (χ0) is 20.9. The van der Waals surface area contributed by atoms with Crippen molar-refractivity contribution in [1.29, 1.82) is 0 Å². The Morgan fingerprint density at radius 3 is 2.63 bits per heavy atom. The Labute approximate surface area is 179 Å². The maximum atomic E-state index is 12.8. The van der Waals surface area contributed by atoms with E-state index in [1.54, 1.807) is 0 Å². The van der Waals surface area contributed by atoms with E-state index in [0.29, 0.717) is 19.8 Å². The van der Waals surface area contributed by atoms with Gasteiger partial charge in [-0.1, -0.05) is 37.3 Å². The molecule has 0 bridgehead atoms. The number of fused-ring (bicyclic) bond motifs is 1. The van der Waals surface area contributed by atoms with E-state index in [2.05, 4.69) is 53.5 Å². The normalized spacial score (nSPS) is 19.9. The fourth-order valence-electron chi connectivity index (χ4n) is 4.38. The molecule has 0 aliphatic carbocycles. The fraction of sp³-hybridized carbons (Fsp3) is 0.480. The number of rotatable bonds is 6. The van der Waals surface area contributed by atoms with Crippen LogP contribution in [0.3, 0.4) is 0 Å². The second-order valence-electron chi connectivity index (χ2n) is 8.27. The van der Waals surface area contributed by atoms with Crippen molar-refractivity contribution in [1.82, 2.24) is 10.2 Å². The maximum absolute atomic E-state index is 12.8. The van der Waals surface area contributed by atoms with Crippen molar-refractivity contribution in [2.75, 3.05) is 26.3 Å². The minimum Gasteiger partial charge on any atom is -0.490 e. The van der Waals surface area contributed by atoms with Gasteiger partial charge >= 0.3 is 0 Å². The average molecular weight is 409 g/mol. The first-order valence-electron chi connectivity index (χ1n) is 11.2. The van der Waals surface area contributed by atoms with Gasteiger partial charge in [0.15, 0.2) is 11.5 Å². The average Bonchev–Trinajstić information content (AvgIpc) is 3.08. The molecule has 1 saturated heterocycles. The highest BCUT2D eigenvalue weighted by atomic mass is 16.5. The number of likely N-dealkylation sites (tertiary alicyclic amines) is 1. The van der Waals surface area contributed by atoms with Crippen LogP contribution in [0.4, 0.5) is 0 Å². The molecule has 30 heavy (non-hydrogen) atoms. The van der Waals surface area contributed by atoms with Gasteiger partial charge in [-0.3, -0.25) is 9.69 Å². The third kappa shape index (κ3) is 4.78. The molecule has 2 aliphatic heterocycles. The number of aryl methyl sites for hydroxylation is 1. The quantitative estimate of drug-likeness (QED) is 0.769. The number of nitrogens with zero attached hydrogens (tertiary/aromatic N) is 1. The lowest BCUT2D eigenvalue weighted by Gasteiger charge is -2.26. The first kappa shape index (κ1) is 20.7. The van der Waals surface area contributed by atoms with Crippen LogP contribution < -0.4 is 14.8 Å². The summed E-state index contributed by atoms with van der Waals surface area (Å²) in [6, 6.07) is 15.0. The van der Waals surface area contributed by atoms with Crippen molar-refractivity contribution in [2.45, 2.75) is 51.6 Å². The molecule has 2 aromatic rings. The van der Waals surface area contributed by atoms with Gasteiger partial charge in [0.25, 0.3) is 0 Å². The van der Waals surface area contributed by atoms with Gasteiger partial charge in [-0.25, -0.2) is 0 Å². The Morgan fingerprint density at radius 2 is 1.87 bits per heavy atom. The minimum absolute atomic E-state index is 0.00232. The summed E-state index contributed by atoms with van der Waals surface area (Å²) < 4.78 is 11.6. The summed E-state index contributed by atoms with van der Waals surface area (Å²) in [5, 5.41) is 3.17. The van der Waals surface area contributed by atoms with E-state index in [4.69, 9.17) is 9.47 Å². The summed E-state index contributed by atoms with van der Waals surface area (Å²) in [6.45, 7) is 6.93. The largest absolute Gasteiger partial charge is 0.490 e. The summed E-state index contributed by atoms with van der Waals surface area (Å²) >= 11 is 0. The van der Waals surface area contributed by atoms with Crippen LogP contribution in [0, 0.1) is 0 Å². The number of nitrogens with one attached hydrogen (secondary N) is 1. The van der Waals surface area contributed by atoms with Crippen molar-refractivity contribution >= 4 is 5.91 Å². The molecule has 1 amide bonds. The molecule has 160 valence electrons. The van der Waals surface area contributed by atoms with Crippen molar-refractivity contribution < 1.29 is 14.3 Å². The third-order valence-corrected chi connectivity index (χ3v) is 6.13. The number of amides is 1. The van der Waals surface area contributed by atoms with E-state index in [0.717, 1.165) is 49.3 Å². The molecule has 0 spiro atoms. The summed E-state index contributed by atoms with van der Waals surface area (Å²) in [5.74, 6) is 1.72. The van der Waals surface area contributed by atoms with E-state index in [-0.39, 0.29) is 18.0 Å². The van der Waals surface area contributed by atoms with E-state index in [1.807, 2.05) is 13.0 Å². The Hall–Kier alpha value is -2.53. The number of ether oxygens (including phenoxy) is 2. The summed E-state index contributed by atoms with van der Waals surface area (Å²) in [5.41, 5.74) is 3.65. The van der Waals surface area contributed by atoms with Gasteiger partial charge < -0.3 is 14.8 Å². The molecule has 2 atom stereocenters. The third-order valence-electron chi connectivity index (χ3n) is 6.13. The molecule has 5 nitrogen and oxygen atoms in total. The van der Waals surface area contributed by atoms with Crippen LogP contribution in [0.15, 0.2) is 42.5 Å². The summed E-state index contributed by atoms with van der Waals surface area (Å²) in [7, 11) is 0. The van der Waals surface area contributed by atoms with Crippen LogP contribution in [0.25, 0.3) is 0 Å². The highest BCUT2D eigenvalue weighted by molar-refractivity contribution is 5.78. The monoisotopic (exact) mass is 408 g/mol. The van der Waals surface area contributed by atoms with Gasteiger partial charge in [-0.05, 0) is 61.6 Å². The zero-order valence-corrected chi connectivity index (χ0v) is 18.0. The number of benzene rings is 2. The van der Waals surface area contributed by atoms with E-state index in [1.165, 1.54) is 11.1 Å². The first-order chi connectivity index (χ1) is 14.6. The maximum Gasteiger partial charge on any atom is 0.234 e. The Kier molecular flexibility index (Phi) is 6.58. The first-order valence-corrected chi connectivity index (χ1v) is 11.2. The SMILES string of the molecule is CCc1ccc([C@@H](C)NC(=O)CN2CCC[C@@H]2c2ccc3c(c2)OCCCO3)cc1. The van der Waals surface area contributed by atoms with E-state index < -0.39 is 0 Å². The Balaban J connectivity index is 1.38. The van der Waals surface area contributed by atoms with E-state index >= 15 is 0 Å². The molecule has 2 heterocycles. The van der Waals surface area contributed by atoms with Crippen LogP contribution in [0.1, 0.15) is 61.9 Å². The standard InChI is InChI=1S/C25H32N2O3/c1-3-19-7-9-20(10-8-19)18(2)26-25(28)17-27-13-4-6-22(27)21-11-12-23-24(16-21)30-15-5-14-29-23/h7-12,16,18,22H,3-6,13-15,17H2,1-2H3,(H,26,28)/t18-,22-/m1/s1. The Bertz CT molecular complexity index is 865. The molecular weight excluding hydrogens is 376 g/mol. The lowest BCUT2D eigenvalue weighted by molar-refractivity contribution is -0.123. The van der Waals surface area contributed by atoms with Crippen LogP contribution in [-0.4, -0.2) is 37.1 Å². The fourth-order valence-corrected chi connectivity index (χ4v) is 4.38. The predicted octanol–water partition coefficient (Wildman–Crippen LogP) is 4.42.